The van der Waals surface area contributed by atoms with Crippen molar-refractivity contribution in [2.24, 2.45) is 10.9 Å². The molecule has 1 unspecified atom stereocenters. The monoisotopic (exact) mass is 571 g/mol. The van der Waals surface area contributed by atoms with Gasteiger partial charge in [-0.15, -0.1) is 24.0 Å². The number of guanidine groups is 1. The Hall–Kier alpha value is -2.04. The molecule has 0 radical (unpaired) electrons. The Morgan fingerprint density at radius 3 is 2.48 bits per heavy atom. The molecule has 3 rings (SSSR count). The fourth-order valence-electron chi connectivity index (χ4n) is 4.35. The van der Waals surface area contributed by atoms with Crippen LogP contribution < -0.4 is 20.7 Å². The normalized spacial score (nSPS) is 18.9. The number of amides is 2. The Labute approximate surface area is 214 Å². The van der Waals surface area contributed by atoms with Crippen molar-refractivity contribution in [3.63, 3.8) is 0 Å². The zero-order valence-electron chi connectivity index (χ0n) is 19.8. The first-order chi connectivity index (χ1) is 15.6. The summed E-state index contributed by atoms with van der Waals surface area (Å²) < 4.78 is 5.15. The van der Waals surface area contributed by atoms with Crippen LogP contribution in [0.2, 0.25) is 0 Å². The molecule has 1 aromatic carbocycles. The maximum absolute atomic E-state index is 12.8. The zero-order valence-corrected chi connectivity index (χ0v) is 22.1. The van der Waals surface area contributed by atoms with Crippen LogP contribution in [-0.4, -0.2) is 62.0 Å². The van der Waals surface area contributed by atoms with Crippen molar-refractivity contribution in [1.29, 1.82) is 0 Å². The van der Waals surface area contributed by atoms with Crippen molar-refractivity contribution in [1.82, 2.24) is 20.9 Å². The summed E-state index contributed by atoms with van der Waals surface area (Å²) in [7, 11) is 1.63. The van der Waals surface area contributed by atoms with Crippen molar-refractivity contribution >= 4 is 41.8 Å². The maximum atomic E-state index is 12.8. The molecule has 2 amide bonds. The number of carbonyl (C=O) groups excluding carboxylic acids is 2. The van der Waals surface area contributed by atoms with Crippen molar-refractivity contribution in [2.75, 3.05) is 33.3 Å². The van der Waals surface area contributed by atoms with Crippen LogP contribution in [0.1, 0.15) is 51.0 Å². The van der Waals surface area contributed by atoms with Gasteiger partial charge in [0.05, 0.1) is 7.11 Å². The summed E-state index contributed by atoms with van der Waals surface area (Å²) in [5.41, 5.74) is 1.00. The van der Waals surface area contributed by atoms with Crippen LogP contribution in [0.3, 0.4) is 0 Å². The molecule has 1 heterocycles. The summed E-state index contributed by atoms with van der Waals surface area (Å²) in [5, 5.41) is 9.49. The SMILES string of the molecule is CCNC(=NCC(=O)NCc1ccc(OC)cc1)NC1CCN(C(=O)C2CCCCC2)C1.I. The van der Waals surface area contributed by atoms with E-state index in [-0.39, 0.29) is 48.4 Å². The summed E-state index contributed by atoms with van der Waals surface area (Å²) in [4.78, 5) is 31.5. The molecule has 1 atom stereocenters. The van der Waals surface area contributed by atoms with Gasteiger partial charge < -0.3 is 25.6 Å². The van der Waals surface area contributed by atoms with Gasteiger partial charge in [-0.3, -0.25) is 9.59 Å². The van der Waals surface area contributed by atoms with Crippen molar-refractivity contribution in [2.45, 2.75) is 58.0 Å². The number of halogens is 1. The van der Waals surface area contributed by atoms with Crippen molar-refractivity contribution in [3.8, 4) is 5.75 Å². The molecule has 33 heavy (non-hydrogen) atoms. The summed E-state index contributed by atoms with van der Waals surface area (Å²) in [5.74, 6) is 1.78. The molecule has 1 aliphatic heterocycles. The van der Waals surface area contributed by atoms with E-state index in [9.17, 15) is 9.59 Å². The maximum Gasteiger partial charge on any atom is 0.242 e. The van der Waals surface area contributed by atoms with Gasteiger partial charge in [0.15, 0.2) is 5.96 Å². The van der Waals surface area contributed by atoms with Gasteiger partial charge in [0.25, 0.3) is 0 Å². The molecule has 1 aromatic rings. The summed E-state index contributed by atoms with van der Waals surface area (Å²) >= 11 is 0. The first-order valence-electron chi connectivity index (χ1n) is 11.8. The fraction of sp³-hybridized carbons (Fsp3) is 0.625. The van der Waals surface area contributed by atoms with Crippen molar-refractivity contribution in [3.05, 3.63) is 29.8 Å². The Morgan fingerprint density at radius 1 is 1.09 bits per heavy atom. The Kier molecular flexibility index (Phi) is 11.8. The van der Waals surface area contributed by atoms with E-state index in [1.807, 2.05) is 36.1 Å². The highest BCUT2D eigenvalue weighted by molar-refractivity contribution is 14.0. The minimum Gasteiger partial charge on any atom is -0.497 e. The van der Waals surface area contributed by atoms with Gasteiger partial charge in [-0.05, 0) is 43.9 Å². The number of benzene rings is 1. The second kappa shape index (κ2) is 14.3. The Balaban J connectivity index is 0.00000385. The molecule has 0 spiro atoms. The van der Waals surface area contributed by atoms with Gasteiger partial charge in [-0.1, -0.05) is 31.4 Å². The highest BCUT2D eigenvalue weighted by atomic mass is 127. The lowest BCUT2D eigenvalue weighted by molar-refractivity contribution is -0.135. The van der Waals surface area contributed by atoms with E-state index in [0.29, 0.717) is 31.5 Å². The number of methoxy groups -OCH3 is 1. The molecule has 8 nitrogen and oxygen atoms in total. The first kappa shape index (κ1) is 27.2. The predicted octanol–water partition coefficient (Wildman–Crippen LogP) is 2.67. The lowest BCUT2D eigenvalue weighted by Gasteiger charge is -2.26. The van der Waals surface area contributed by atoms with E-state index in [1.54, 1.807) is 7.11 Å². The lowest BCUT2D eigenvalue weighted by atomic mass is 9.88. The molecule has 0 aromatic heterocycles. The topological polar surface area (TPSA) is 95.1 Å². The molecular weight excluding hydrogens is 533 g/mol. The molecule has 184 valence electrons. The average molecular weight is 572 g/mol. The third-order valence-electron chi connectivity index (χ3n) is 6.17. The third-order valence-corrected chi connectivity index (χ3v) is 6.17. The molecule has 3 N–H and O–H groups in total. The lowest BCUT2D eigenvalue weighted by Crippen LogP contribution is -2.46. The van der Waals surface area contributed by atoms with Gasteiger partial charge in [-0.25, -0.2) is 4.99 Å². The summed E-state index contributed by atoms with van der Waals surface area (Å²) in [6.45, 7) is 4.68. The van der Waals surface area contributed by atoms with E-state index < -0.39 is 0 Å². The molecule has 0 bridgehead atoms. The van der Waals surface area contributed by atoms with Crippen LogP contribution in [0.25, 0.3) is 0 Å². The van der Waals surface area contributed by atoms with Crippen LogP contribution in [0.15, 0.2) is 29.3 Å². The number of aliphatic imine (C=N–C) groups is 1. The number of nitrogens with one attached hydrogen (secondary N) is 3. The van der Waals surface area contributed by atoms with Crippen LogP contribution in [0, 0.1) is 5.92 Å². The van der Waals surface area contributed by atoms with Gasteiger partial charge >= 0.3 is 0 Å². The number of hydrogen-bond donors (Lipinski definition) is 3. The van der Waals surface area contributed by atoms with Gasteiger partial charge in [-0.2, -0.15) is 0 Å². The van der Waals surface area contributed by atoms with Gasteiger partial charge in [0, 0.05) is 38.1 Å². The molecule has 1 aliphatic carbocycles. The standard InChI is InChI=1S/C24H37N5O3.HI/c1-3-25-24(27-16-22(30)26-15-18-9-11-21(32-2)12-10-18)28-20-13-14-29(17-20)23(31)19-7-5-4-6-8-19;/h9-12,19-20H,3-8,13-17H2,1-2H3,(H,26,30)(H2,25,27,28);1H. The quantitative estimate of drug-likeness (QED) is 0.254. The molecule has 2 fully saturated rings. The Bertz CT molecular complexity index is 781. The summed E-state index contributed by atoms with van der Waals surface area (Å²) in [6, 6.07) is 7.75. The highest BCUT2D eigenvalue weighted by Gasteiger charge is 2.31. The van der Waals surface area contributed by atoms with E-state index in [1.165, 1.54) is 19.3 Å². The molecule has 1 saturated carbocycles. The molecular formula is C24H38IN5O3. The smallest absolute Gasteiger partial charge is 0.242 e. The fourth-order valence-corrected chi connectivity index (χ4v) is 4.35. The third kappa shape index (κ3) is 8.68. The number of rotatable bonds is 8. The van der Waals surface area contributed by atoms with E-state index in [4.69, 9.17) is 4.74 Å². The van der Waals surface area contributed by atoms with Crippen LogP contribution in [0.5, 0.6) is 5.75 Å². The van der Waals surface area contributed by atoms with E-state index in [2.05, 4.69) is 20.9 Å². The van der Waals surface area contributed by atoms with Crippen LogP contribution in [-0.2, 0) is 16.1 Å². The van der Waals surface area contributed by atoms with E-state index >= 15 is 0 Å². The predicted molar refractivity (Wildman–Crippen MR) is 141 cm³/mol. The highest BCUT2D eigenvalue weighted by Crippen LogP contribution is 2.26. The number of carbonyl (C=O) groups is 2. The number of nitrogens with zero attached hydrogens (tertiary/aromatic N) is 2. The number of hydrogen-bond acceptors (Lipinski definition) is 4. The first-order valence-corrected chi connectivity index (χ1v) is 11.8. The molecule has 2 aliphatic rings. The van der Waals surface area contributed by atoms with Crippen LogP contribution in [0.4, 0.5) is 0 Å². The number of likely N-dealkylation sites (tertiary alicyclic amines) is 1. The van der Waals surface area contributed by atoms with Gasteiger partial charge in [0.2, 0.25) is 11.8 Å². The summed E-state index contributed by atoms with van der Waals surface area (Å²) in [6.07, 6.45) is 6.55. The number of ether oxygens (including phenoxy) is 1. The zero-order chi connectivity index (χ0) is 22.8. The minimum absolute atomic E-state index is 0. The average Bonchev–Trinajstić information content (AvgIpc) is 3.30. The van der Waals surface area contributed by atoms with Gasteiger partial charge in [0.1, 0.15) is 12.3 Å². The van der Waals surface area contributed by atoms with Crippen LogP contribution >= 0.6 is 24.0 Å². The molecule has 9 heteroatoms. The largest absolute Gasteiger partial charge is 0.497 e. The second-order valence-electron chi connectivity index (χ2n) is 8.57. The van der Waals surface area contributed by atoms with E-state index in [0.717, 1.165) is 37.1 Å². The minimum atomic E-state index is -0.140. The van der Waals surface area contributed by atoms with Crippen molar-refractivity contribution < 1.29 is 14.3 Å². The molecule has 1 saturated heterocycles. The Morgan fingerprint density at radius 2 is 1.82 bits per heavy atom. The second-order valence-corrected chi connectivity index (χ2v) is 8.57.